The molecule has 0 saturated carbocycles. The van der Waals surface area contributed by atoms with E-state index in [0.717, 1.165) is 10.5 Å². The minimum Gasteiger partial charge on any atom is -0.495 e. The molecule has 0 radical (unpaired) electrons. The average Bonchev–Trinajstić information content (AvgIpc) is 2.57. The molecule has 0 spiro atoms. The number of hydrogen-bond acceptors (Lipinski definition) is 4. The number of anilines is 1. The summed E-state index contributed by atoms with van der Waals surface area (Å²) in [5.41, 5.74) is 6.73. The third-order valence-corrected chi connectivity index (χ3v) is 3.29. The van der Waals surface area contributed by atoms with Gasteiger partial charge in [-0.3, -0.25) is 9.59 Å². The number of halogens is 1. The Morgan fingerprint density at radius 1 is 1.44 bits per heavy atom. The molecule has 5 nitrogen and oxygen atoms in total. The van der Waals surface area contributed by atoms with E-state index >= 15 is 0 Å². The lowest BCUT2D eigenvalue weighted by Crippen LogP contribution is -2.35. The predicted molar refractivity (Wildman–Crippen MR) is 67.8 cm³/mol. The summed E-state index contributed by atoms with van der Waals surface area (Å²) in [5.74, 6) is -0.367. The van der Waals surface area contributed by atoms with Crippen LogP contribution in [0, 0.1) is 6.92 Å². The Morgan fingerprint density at radius 2 is 2.11 bits per heavy atom. The van der Waals surface area contributed by atoms with Gasteiger partial charge in [-0.1, -0.05) is 11.6 Å². The lowest BCUT2D eigenvalue weighted by molar-refractivity contribution is -0.121. The molecule has 1 aromatic carbocycles. The fraction of sp³-hybridized carbons (Fsp3) is 0.333. The van der Waals surface area contributed by atoms with Crippen LogP contribution in [-0.4, -0.2) is 25.0 Å². The van der Waals surface area contributed by atoms with Crippen molar-refractivity contribution in [3.05, 3.63) is 22.7 Å². The molecular weight excluding hydrogens is 256 g/mol. The Bertz CT molecular complexity index is 530. The van der Waals surface area contributed by atoms with Gasteiger partial charge in [-0.15, -0.1) is 0 Å². The van der Waals surface area contributed by atoms with E-state index in [1.807, 2.05) is 0 Å². The molecule has 1 atom stereocenters. The number of carbonyl (C=O) groups is 2. The zero-order chi connectivity index (χ0) is 13.4. The van der Waals surface area contributed by atoms with Gasteiger partial charge in [0.1, 0.15) is 5.75 Å². The molecule has 1 fully saturated rings. The van der Waals surface area contributed by atoms with Crippen molar-refractivity contribution in [2.75, 3.05) is 12.0 Å². The van der Waals surface area contributed by atoms with E-state index in [2.05, 4.69) is 0 Å². The first-order valence-electron chi connectivity index (χ1n) is 5.42. The van der Waals surface area contributed by atoms with E-state index in [-0.39, 0.29) is 12.3 Å². The van der Waals surface area contributed by atoms with Gasteiger partial charge in [0.05, 0.1) is 25.3 Å². The van der Waals surface area contributed by atoms with Crippen LogP contribution in [0.5, 0.6) is 5.75 Å². The van der Waals surface area contributed by atoms with Gasteiger partial charge in [0, 0.05) is 11.1 Å². The first kappa shape index (κ1) is 12.9. The number of nitrogens with zero attached hydrogens (tertiary/aromatic N) is 1. The van der Waals surface area contributed by atoms with E-state index in [1.54, 1.807) is 19.1 Å². The SMILES string of the molecule is COc1cc(Cl)c(C)cc1N1C(=O)CC(N)C1=O. The second-order valence-corrected chi connectivity index (χ2v) is 4.56. The molecule has 2 N–H and O–H groups in total. The lowest BCUT2D eigenvalue weighted by Gasteiger charge is -2.18. The van der Waals surface area contributed by atoms with Crippen molar-refractivity contribution in [1.29, 1.82) is 0 Å². The van der Waals surface area contributed by atoms with Gasteiger partial charge >= 0.3 is 0 Å². The monoisotopic (exact) mass is 268 g/mol. The van der Waals surface area contributed by atoms with Gasteiger partial charge in [0.25, 0.3) is 5.91 Å². The lowest BCUT2D eigenvalue weighted by atomic mass is 10.2. The highest BCUT2D eigenvalue weighted by molar-refractivity contribution is 6.32. The quantitative estimate of drug-likeness (QED) is 0.820. The summed E-state index contributed by atoms with van der Waals surface area (Å²) < 4.78 is 5.15. The molecule has 1 saturated heterocycles. The van der Waals surface area contributed by atoms with Crippen molar-refractivity contribution in [2.45, 2.75) is 19.4 Å². The van der Waals surface area contributed by atoms with Crippen LogP contribution < -0.4 is 15.4 Å². The third kappa shape index (κ3) is 1.95. The Labute approximate surface area is 109 Å². The van der Waals surface area contributed by atoms with Crippen LogP contribution in [0.2, 0.25) is 5.02 Å². The van der Waals surface area contributed by atoms with E-state index in [9.17, 15) is 9.59 Å². The average molecular weight is 269 g/mol. The minimum absolute atomic E-state index is 0.0175. The van der Waals surface area contributed by atoms with Gasteiger partial charge in [-0.25, -0.2) is 4.90 Å². The molecule has 96 valence electrons. The van der Waals surface area contributed by atoms with Crippen LogP contribution in [0.1, 0.15) is 12.0 Å². The van der Waals surface area contributed by atoms with Crippen molar-refractivity contribution in [3.63, 3.8) is 0 Å². The molecule has 1 aromatic rings. The molecule has 1 aliphatic heterocycles. The maximum atomic E-state index is 11.9. The molecule has 1 unspecified atom stereocenters. The number of rotatable bonds is 2. The summed E-state index contributed by atoms with van der Waals surface area (Å²) in [5, 5.41) is 0.513. The van der Waals surface area contributed by atoms with Crippen LogP contribution in [0.25, 0.3) is 0 Å². The van der Waals surface area contributed by atoms with Gasteiger partial charge in [0.2, 0.25) is 5.91 Å². The normalized spacial score (nSPS) is 19.6. The number of carbonyl (C=O) groups excluding carboxylic acids is 2. The van der Waals surface area contributed by atoms with Crippen molar-refractivity contribution in [3.8, 4) is 5.75 Å². The summed E-state index contributed by atoms with van der Waals surface area (Å²) in [4.78, 5) is 24.7. The third-order valence-electron chi connectivity index (χ3n) is 2.88. The fourth-order valence-corrected chi connectivity index (χ4v) is 2.05. The standard InChI is InChI=1S/C12H13ClN2O3/c1-6-3-9(10(18-2)4-7(6)13)15-11(16)5-8(14)12(15)17/h3-4,8H,5,14H2,1-2H3. The first-order valence-corrected chi connectivity index (χ1v) is 5.80. The van der Waals surface area contributed by atoms with Crippen LogP contribution >= 0.6 is 11.6 Å². The Morgan fingerprint density at radius 3 is 2.61 bits per heavy atom. The van der Waals surface area contributed by atoms with Crippen molar-refractivity contribution >= 4 is 29.1 Å². The van der Waals surface area contributed by atoms with Gasteiger partial charge < -0.3 is 10.5 Å². The second-order valence-electron chi connectivity index (χ2n) is 4.15. The predicted octanol–water partition coefficient (Wildman–Crippen LogP) is 1.25. The molecule has 2 amide bonds. The van der Waals surface area contributed by atoms with Gasteiger partial charge in [-0.05, 0) is 18.6 Å². The summed E-state index contributed by atoms with van der Waals surface area (Å²) in [6, 6.07) is 2.45. The zero-order valence-corrected chi connectivity index (χ0v) is 10.8. The highest BCUT2D eigenvalue weighted by atomic mass is 35.5. The van der Waals surface area contributed by atoms with Gasteiger partial charge in [0.15, 0.2) is 0 Å². The van der Waals surface area contributed by atoms with Crippen LogP contribution in [0.4, 0.5) is 5.69 Å². The molecule has 0 aromatic heterocycles. The summed E-state index contributed by atoms with van der Waals surface area (Å²) in [6.45, 7) is 1.79. The molecule has 6 heteroatoms. The molecule has 1 heterocycles. The molecule has 1 aliphatic rings. The summed E-state index contributed by atoms with van der Waals surface area (Å²) >= 11 is 5.98. The van der Waals surface area contributed by atoms with Crippen LogP contribution in [0.3, 0.4) is 0 Å². The van der Waals surface area contributed by atoms with Gasteiger partial charge in [-0.2, -0.15) is 0 Å². The van der Waals surface area contributed by atoms with Crippen molar-refractivity contribution in [2.24, 2.45) is 5.73 Å². The fourth-order valence-electron chi connectivity index (χ4n) is 1.89. The van der Waals surface area contributed by atoms with E-state index < -0.39 is 11.9 Å². The van der Waals surface area contributed by atoms with Crippen molar-refractivity contribution < 1.29 is 14.3 Å². The molecule has 0 bridgehead atoms. The van der Waals surface area contributed by atoms with Crippen LogP contribution in [0.15, 0.2) is 12.1 Å². The maximum absolute atomic E-state index is 11.9. The van der Waals surface area contributed by atoms with E-state index in [0.29, 0.717) is 16.5 Å². The molecule has 2 rings (SSSR count). The number of hydrogen-bond donors (Lipinski definition) is 1. The smallest absolute Gasteiger partial charge is 0.251 e. The minimum atomic E-state index is -0.779. The number of nitrogens with two attached hydrogens (primary N) is 1. The highest BCUT2D eigenvalue weighted by Gasteiger charge is 2.38. The highest BCUT2D eigenvalue weighted by Crippen LogP contribution is 2.36. The topological polar surface area (TPSA) is 72.6 Å². The van der Waals surface area contributed by atoms with E-state index in [4.69, 9.17) is 22.1 Å². The number of aryl methyl sites for hydroxylation is 1. The van der Waals surface area contributed by atoms with Crippen molar-refractivity contribution in [1.82, 2.24) is 0 Å². The number of ether oxygens (including phenoxy) is 1. The number of methoxy groups -OCH3 is 1. The van der Waals surface area contributed by atoms with E-state index in [1.165, 1.54) is 7.11 Å². The second kappa shape index (κ2) is 4.59. The first-order chi connectivity index (χ1) is 8.45. The molecule has 18 heavy (non-hydrogen) atoms. The number of amides is 2. The summed E-state index contributed by atoms with van der Waals surface area (Å²) in [6.07, 6.45) is 0.0175. The molecule has 0 aliphatic carbocycles. The largest absolute Gasteiger partial charge is 0.495 e. The molecular formula is C12H13ClN2O3. The number of imide groups is 1. The summed E-state index contributed by atoms with van der Waals surface area (Å²) in [7, 11) is 1.45. The van der Waals surface area contributed by atoms with Crippen LogP contribution in [-0.2, 0) is 9.59 Å². The Kier molecular flexibility index (Phi) is 3.28. The maximum Gasteiger partial charge on any atom is 0.251 e. The Balaban J connectivity index is 2.54. The number of benzene rings is 1. The zero-order valence-electron chi connectivity index (χ0n) is 10.1. The Hall–Kier alpha value is -1.59.